The van der Waals surface area contributed by atoms with Gasteiger partial charge in [-0.05, 0) is 55.9 Å². The largest absolute Gasteiger partial charge is 0.426 e. The number of carbonyl (C=O) groups excluding carboxylic acids is 1. The summed E-state index contributed by atoms with van der Waals surface area (Å²) in [5, 5.41) is 4.18. The number of hydrogen-bond acceptors (Lipinski definition) is 4. The quantitative estimate of drug-likeness (QED) is 0.219. The summed E-state index contributed by atoms with van der Waals surface area (Å²) in [6.07, 6.45) is 9.43. The fraction of sp³-hybridized carbons (Fsp3) is 0.407. The van der Waals surface area contributed by atoms with E-state index >= 15 is 0 Å². The Labute approximate surface area is 184 Å². The van der Waals surface area contributed by atoms with Gasteiger partial charge in [-0.3, -0.25) is 4.79 Å². The Kier molecular flexibility index (Phi) is 7.18. The summed E-state index contributed by atoms with van der Waals surface area (Å²) < 4.78 is 11.2. The van der Waals surface area contributed by atoms with Crippen molar-refractivity contribution < 1.29 is 14.1 Å². The average molecular weight is 418 g/mol. The molecule has 0 amide bonds. The molecule has 4 rings (SSSR count). The molecule has 2 aromatic carbocycles. The molecule has 0 atom stereocenters. The van der Waals surface area contributed by atoms with E-state index in [1.165, 1.54) is 25.7 Å². The van der Waals surface area contributed by atoms with Crippen molar-refractivity contribution in [3.63, 3.8) is 0 Å². The van der Waals surface area contributed by atoms with E-state index in [9.17, 15) is 4.79 Å². The summed E-state index contributed by atoms with van der Waals surface area (Å²) in [7, 11) is 0. The highest BCUT2D eigenvalue weighted by Crippen LogP contribution is 2.33. The maximum Gasteiger partial charge on any atom is 0.314 e. The Morgan fingerprint density at radius 1 is 0.968 bits per heavy atom. The van der Waals surface area contributed by atoms with Crippen LogP contribution in [0.25, 0.3) is 22.6 Å². The van der Waals surface area contributed by atoms with Gasteiger partial charge in [0, 0.05) is 17.2 Å². The maximum absolute atomic E-state index is 12.6. The highest BCUT2D eigenvalue weighted by molar-refractivity contribution is 5.75. The number of aromatic nitrogens is 1. The van der Waals surface area contributed by atoms with Gasteiger partial charge in [0.2, 0.25) is 0 Å². The van der Waals surface area contributed by atoms with Crippen molar-refractivity contribution >= 4 is 5.97 Å². The summed E-state index contributed by atoms with van der Waals surface area (Å²) in [5.41, 5.74) is 2.68. The lowest BCUT2D eigenvalue weighted by Gasteiger charge is -2.27. The normalized spacial score (nSPS) is 18.6. The van der Waals surface area contributed by atoms with Gasteiger partial charge >= 0.3 is 5.97 Å². The molecule has 162 valence electrons. The zero-order valence-corrected chi connectivity index (χ0v) is 18.3. The third-order valence-electron chi connectivity index (χ3n) is 6.33. The molecular formula is C27H31NO3. The molecular weight excluding hydrogens is 386 g/mol. The third kappa shape index (κ3) is 5.63. The van der Waals surface area contributed by atoms with Crippen LogP contribution in [0.2, 0.25) is 0 Å². The molecule has 1 aliphatic carbocycles. The molecule has 1 aliphatic rings. The van der Waals surface area contributed by atoms with Crippen LogP contribution in [0.5, 0.6) is 5.75 Å². The number of rotatable bonds is 8. The Morgan fingerprint density at radius 2 is 1.71 bits per heavy atom. The van der Waals surface area contributed by atoms with Crippen LogP contribution in [0.3, 0.4) is 0 Å². The molecule has 1 saturated carbocycles. The molecule has 0 unspecified atom stereocenters. The second-order valence-corrected chi connectivity index (χ2v) is 8.60. The molecule has 0 bridgehead atoms. The second kappa shape index (κ2) is 10.4. The van der Waals surface area contributed by atoms with Crippen LogP contribution in [0.15, 0.2) is 65.2 Å². The molecule has 4 heteroatoms. The first-order valence-electron chi connectivity index (χ1n) is 11.6. The van der Waals surface area contributed by atoms with Gasteiger partial charge in [0.15, 0.2) is 5.76 Å². The Hall–Kier alpha value is -2.88. The van der Waals surface area contributed by atoms with E-state index in [0.717, 1.165) is 54.2 Å². The lowest BCUT2D eigenvalue weighted by atomic mass is 9.80. The molecule has 4 nitrogen and oxygen atoms in total. The molecule has 3 aromatic rings. The van der Waals surface area contributed by atoms with Crippen molar-refractivity contribution in [2.75, 3.05) is 0 Å². The highest BCUT2D eigenvalue weighted by atomic mass is 16.5. The number of unbranched alkanes of at least 4 members (excludes halogenated alkanes) is 2. The number of ether oxygens (including phenoxy) is 1. The van der Waals surface area contributed by atoms with Gasteiger partial charge in [-0.2, -0.15) is 0 Å². The molecule has 1 fully saturated rings. The van der Waals surface area contributed by atoms with E-state index in [1.54, 1.807) is 0 Å². The van der Waals surface area contributed by atoms with Crippen LogP contribution in [-0.2, 0) is 4.79 Å². The SMILES string of the molecule is CCCCCC1CCC(C(=O)Oc2ccc(-c3cc(-c4ccccc4)on3)cc2)CC1. The van der Waals surface area contributed by atoms with Gasteiger partial charge in [0.1, 0.15) is 11.4 Å². The number of benzene rings is 2. The van der Waals surface area contributed by atoms with Gasteiger partial charge in [0.05, 0.1) is 5.92 Å². The van der Waals surface area contributed by atoms with Gasteiger partial charge < -0.3 is 9.26 Å². The second-order valence-electron chi connectivity index (χ2n) is 8.60. The molecule has 1 heterocycles. The number of hydrogen-bond donors (Lipinski definition) is 0. The zero-order chi connectivity index (χ0) is 21.5. The summed E-state index contributed by atoms with van der Waals surface area (Å²) >= 11 is 0. The van der Waals surface area contributed by atoms with E-state index in [0.29, 0.717) is 5.75 Å². The van der Waals surface area contributed by atoms with Crippen LogP contribution in [0.1, 0.15) is 58.3 Å². The molecule has 31 heavy (non-hydrogen) atoms. The van der Waals surface area contributed by atoms with Crippen molar-refractivity contribution in [3.05, 3.63) is 60.7 Å². The summed E-state index contributed by atoms with van der Waals surface area (Å²) in [6.45, 7) is 2.24. The third-order valence-corrected chi connectivity index (χ3v) is 6.33. The van der Waals surface area contributed by atoms with Gasteiger partial charge in [-0.1, -0.05) is 68.1 Å². The van der Waals surface area contributed by atoms with Crippen LogP contribution in [0, 0.1) is 11.8 Å². The maximum atomic E-state index is 12.6. The molecule has 0 spiro atoms. The molecule has 0 radical (unpaired) electrons. The first kappa shape index (κ1) is 21.4. The lowest BCUT2D eigenvalue weighted by molar-refractivity contribution is -0.140. The molecule has 0 saturated heterocycles. The Balaban J connectivity index is 1.30. The van der Waals surface area contributed by atoms with Crippen molar-refractivity contribution in [3.8, 4) is 28.3 Å². The van der Waals surface area contributed by atoms with Crippen molar-refractivity contribution in [2.24, 2.45) is 11.8 Å². The minimum Gasteiger partial charge on any atom is -0.426 e. The summed E-state index contributed by atoms with van der Waals surface area (Å²) in [5.74, 6) is 2.05. The minimum atomic E-state index is -0.0902. The Morgan fingerprint density at radius 3 is 2.42 bits per heavy atom. The van der Waals surface area contributed by atoms with E-state index in [1.807, 2.05) is 60.7 Å². The van der Waals surface area contributed by atoms with Crippen LogP contribution < -0.4 is 4.74 Å². The molecule has 0 aliphatic heterocycles. The highest BCUT2D eigenvalue weighted by Gasteiger charge is 2.27. The van der Waals surface area contributed by atoms with E-state index in [4.69, 9.17) is 9.26 Å². The molecule has 1 aromatic heterocycles. The predicted molar refractivity (Wildman–Crippen MR) is 123 cm³/mol. The smallest absolute Gasteiger partial charge is 0.314 e. The van der Waals surface area contributed by atoms with E-state index in [2.05, 4.69) is 12.1 Å². The van der Waals surface area contributed by atoms with Crippen LogP contribution in [-0.4, -0.2) is 11.1 Å². The summed E-state index contributed by atoms with van der Waals surface area (Å²) in [4.78, 5) is 12.6. The number of carbonyl (C=O) groups is 1. The average Bonchev–Trinajstić information content (AvgIpc) is 3.31. The van der Waals surface area contributed by atoms with Gasteiger partial charge in [0.25, 0.3) is 0 Å². The number of esters is 1. The summed E-state index contributed by atoms with van der Waals surface area (Å²) in [6, 6.07) is 19.3. The van der Waals surface area contributed by atoms with Crippen LogP contribution >= 0.6 is 0 Å². The molecule has 0 N–H and O–H groups in total. The van der Waals surface area contributed by atoms with Crippen molar-refractivity contribution in [2.45, 2.75) is 58.3 Å². The zero-order valence-electron chi connectivity index (χ0n) is 18.3. The predicted octanol–water partition coefficient (Wildman–Crippen LogP) is 7.30. The lowest BCUT2D eigenvalue weighted by Crippen LogP contribution is -2.25. The monoisotopic (exact) mass is 417 g/mol. The van der Waals surface area contributed by atoms with Gasteiger partial charge in [-0.15, -0.1) is 0 Å². The van der Waals surface area contributed by atoms with Gasteiger partial charge in [-0.25, -0.2) is 0 Å². The van der Waals surface area contributed by atoms with E-state index < -0.39 is 0 Å². The first-order chi connectivity index (χ1) is 15.2. The Bertz CT molecular complexity index is 954. The first-order valence-corrected chi connectivity index (χ1v) is 11.6. The van der Waals surface area contributed by atoms with Crippen LogP contribution in [0.4, 0.5) is 0 Å². The van der Waals surface area contributed by atoms with E-state index in [-0.39, 0.29) is 11.9 Å². The fourth-order valence-corrected chi connectivity index (χ4v) is 4.41. The van der Waals surface area contributed by atoms with Crippen molar-refractivity contribution in [1.29, 1.82) is 0 Å². The standard InChI is InChI=1S/C27H31NO3/c1-2-3-5-8-20-11-13-23(14-12-20)27(29)30-24-17-15-21(16-18-24)25-19-26(31-28-25)22-9-6-4-7-10-22/h4,6-7,9-10,15-20,23H,2-3,5,8,11-14H2,1H3. The number of nitrogens with zero attached hydrogens (tertiary/aromatic N) is 1. The fourth-order valence-electron chi connectivity index (χ4n) is 4.41. The topological polar surface area (TPSA) is 52.3 Å². The van der Waals surface area contributed by atoms with Crippen molar-refractivity contribution in [1.82, 2.24) is 5.16 Å². The minimum absolute atomic E-state index is 0.0334.